The minimum atomic E-state index is 0.363. The van der Waals surface area contributed by atoms with Crippen molar-refractivity contribution < 1.29 is 18.9 Å². The average molecular weight is 400 g/mol. The van der Waals surface area contributed by atoms with E-state index in [1.54, 1.807) is 40.7 Å². The van der Waals surface area contributed by atoms with Gasteiger partial charge in [0.05, 0.1) is 34.7 Å². The van der Waals surface area contributed by atoms with Crippen LogP contribution in [0.15, 0.2) is 41.5 Å². The zero-order chi connectivity index (χ0) is 20.1. The van der Waals surface area contributed by atoms with Gasteiger partial charge in [0.15, 0.2) is 28.8 Å². The Morgan fingerprint density at radius 1 is 0.893 bits per heavy atom. The van der Waals surface area contributed by atoms with Crippen LogP contribution in [0.25, 0.3) is 11.4 Å². The molecule has 1 heterocycles. The topological polar surface area (TPSA) is 82.9 Å². The minimum Gasteiger partial charge on any atom is -0.493 e. The van der Waals surface area contributed by atoms with E-state index in [2.05, 4.69) is 15.3 Å². The van der Waals surface area contributed by atoms with Crippen LogP contribution in [-0.2, 0) is 0 Å². The van der Waals surface area contributed by atoms with E-state index in [-0.39, 0.29) is 0 Å². The van der Waals surface area contributed by atoms with E-state index in [0.717, 1.165) is 11.1 Å². The molecule has 3 aromatic rings. The van der Waals surface area contributed by atoms with Crippen molar-refractivity contribution in [2.24, 2.45) is 5.10 Å². The molecule has 0 aliphatic heterocycles. The summed E-state index contributed by atoms with van der Waals surface area (Å²) < 4.78 is 23.1. The highest BCUT2D eigenvalue weighted by atomic mass is 32.1. The summed E-state index contributed by atoms with van der Waals surface area (Å²) in [5, 5.41) is 11.5. The molecule has 1 N–H and O–H groups in total. The number of ether oxygens (including phenoxy) is 4. The molecule has 0 bridgehead atoms. The smallest absolute Gasteiger partial charge is 0.216 e. The van der Waals surface area contributed by atoms with Gasteiger partial charge in [0, 0.05) is 5.56 Å². The molecule has 0 aliphatic rings. The maximum absolute atomic E-state index is 5.36. The Morgan fingerprint density at radius 3 is 2.14 bits per heavy atom. The second-order valence-corrected chi connectivity index (χ2v) is 5.98. The van der Waals surface area contributed by atoms with Crippen molar-refractivity contribution in [3.05, 3.63) is 46.7 Å². The number of nitrogens with one attached hydrogen (secondary N) is 1. The molecule has 0 radical (unpaired) electrons. The van der Waals surface area contributed by atoms with Gasteiger partial charge in [0.25, 0.3) is 0 Å². The fourth-order valence-corrected chi connectivity index (χ4v) is 2.80. The molecular formula is C19H20N4O4S. The Bertz CT molecular complexity index is 1060. The molecule has 8 nitrogen and oxygen atoms in total. The number of nitrogens with zero attached hydrogens (tertiary/aromatic N) is 3. The van der Waals surface area contributed by atoms with Crippen LogP contribution < -0.4 is 18.9 Å². The van der Waals surface area contributed by atoms with E-state index in [1.165, 1.54) is 4.68 Å². The number of rotatable bonds is 7. The van der Waals surface area contributed by atoms with Gasteiger partial charge >= 0.3 is 0 Å². The third kappa shape index (κ3) is 3.84. The quantitative estimate of drug-likeness (QED) is 0.483. The maximum atomic E-state index is 5.36. The van der Waals surface area contributed by atoms with Crippen molar-refractivity contribution in [2.45, 2.75) is 0 Å². The van der Waals surface area contributed by atoms with Gasteiger partial charge < -0.3 is 18.9 Å². The summed E-state index contributed by atoms with van der Waals surface area (Å²) in [6.45, 7) is 0. The summed E-state index contributed by atoms with van der Waals surface area (Å²) in [5.74, 6) is 3.01. The fraction of sp³-hybridized carbons (Fsp3) is 0.211. The van der Waals surface area contributed by atoms with Crippen molar-refractivity contribution in [2.75, 3.05) is 28.4 Å². The summed E-state index contributed by atoms with van der Waals surface area (Å²) >= 11 is 5.32. The highest BCUT2D eigenvalue weighted by molar-refractivity contribution is 7.71. The van der Waals surface area contributed by atoms with Gasteiger partial charge in [-0.25, -0.2) is 5.10 Å². The molecule has 0 atom stereocenters. The molecule has 2 aromatic carbocycles. The Labute approximate surface area is 167 Å². The highest BCUT2D eigenvalue weighted by Crippen LogP contribution is 2.31. The zero-order valence-corrected chi connectivity index (χ0v) is 16.7. The lowest BCUT2D eigenvalue weighted by Crippen LogP contribution is -1.97. The van der Waals surface area contributed by atoms with Crippen molar-refractivity contribution in [1.29, 1.82) is 0 Å². The lowest BCUT2D eigenvalue weighted by atomic mass is 10.2. The summed E-state index contributed by atoms with van der Waals surface area (Å²) in [5.41, 5.74) is 1.59. The van der Waals surface area contributed by atoms with E-state index in [0.29, 0.717) is 33.6 Å². The van der Waals surface area contributed by atoms with E-state index < -0.39 is 0 Å². The molecule has 3 rings (SSSR count). The standard InChI is InChI=1S/C19H20N4O4S/c1-24-14-7-5-12(9-16(14)26-3)11-20-23-18(21-22-19(23)28)13-6-8-15(25-2)17(10-13)27-4/h5-11H,1-4H3,(H,22,28). The van der Waals surface area contributed by atoms with E-state index in [1.807, 2.05) is 30.3 Å². The van der Waals surface area contributed by atoms with Gasteiger partial charge in [0.2, 0.25) is 4.77 Å². The SMILES string of the molecule is COc1ccc(C=Nn2c(-c3ccc(OC)c(OC)c3)n[nH]c2=S)cc1OC. The second kappa shape index (κ2) is 8.57. The first-order chi connectivity index (χ1) is 13.6. The first-order valence-corrected chi connectivity index (χ1v) is 8.68. The van der Waals surface area contributed by atoms with Gasteiger partial charge in [-0.1, -0.05) is 0 Å². The molecule has 0 fully saturated rings. The number of aromatic amines is 1. The Kier molecular flexibility index (Phi) is 5.95. The van der Waals surface area contributed by atoms with Gasteiger partial charge in [-0.05, 0) is 54.2 Å². The normalized spacial score (nSPS) is 10.9. The molecule has 0 spiro atoms. The van der Waals surface area contributed by atoms with Crippen LogP contribution in [-0.4, -0.2) is 49.5 Å². The van der Waals surface area contributed by atoms with Crippen LogP contribution in [0, 0.1) is 4.77 Å². The van der Waals surface area contributed by atoms with Crippen LogP contribution >= 0.6 is 12.2 Å². The van der Waals surface area contributed by atoms with Crippen LogP contribution in [0.5, 0.6) is 23.0 Å². The van der Waals surface area contributed by atoms with Gasteiger partial charge in [-0.15, -0.1) is 0 Å². The van der Waals surface area contributed by atoms with Crippen LogP contribution in [0.4, 0.5) is 0 Å². The minimum absolute atomic E-state index is 0.363. The van der Waals surface area contributed by atoms with Crippen molar-refractivity contribution in [3.63, 3.8) is 0 Å². The predicted octanol–water partition coefficient (Wildman–Crippen LogP) is 3.52. The number of hydrogen-bond acceptors (Lipinski definition) is 7. The van der Waals surface area contributed by atoms with Crippen LogP contribution in [0.3, 0.4) is 0 Å². The number of hydrogen-bond donors (Lipinski definition) is 1. The van der Waals surface area contributed by atoms with Crippen LogP contribution in [0.2, 0.25) is 0 Å². The Hall–Kier alpha value is -3.33. The molecule has 0 saturated carbocycles. The molecule has 146 valence electrons. The first-order valence-electron chi connectivity index (χ1n) is 8.27. The largest absolute Gasteiger partial charge is 0.493 e. The van der Waals surface area contributed by atoms with Crippen LogP contribution in [0.1, 0.15) is 5.56 Å². The number of methoxy groups -OCH3 is 4. The molecular weight excluding hydrogens is 380 g/mol. The molecule has 0 aliphatic carbocycles. The number of benzene rings is 2. The monoisotopic (exact) mass is 400 g/mol. The third-order valence-corrected chi connectivity index (χ3v) is 4.29. The fourth-order valence-electron chi connectivity index (χ4n) is 2.62. The Morgan fingerprint density at radius 2 is 1.50 bits per heavy atom. The van der Waals surface area contributed by atoms with Gasteiger partial charge in [0.1, 0.15) is 0 Å². The lowest BCUT2D eigenvalue weighted by Gasteiger charge is -2.09. The molecule has 0 unspecified atom stereocenters. The van der Waals surface area contributed by atoms with E-state index in [4.69, 9.17) is 31.2 Å². The maximum Gasteiger partial charge on any atom is 0.216 e. The lowest BCUT2D eigenvalue weighted by molar-refractivity contribution is 0.355. The summed E-state index contributed by atoms with van der Waals surface area (Å²) in [4.78, 5) is 0. The van der Waals surface area contributed by atoms with Gasteiger partial charge in [-0.3, -0.25) is 0 Å². The van der Waals surface area contributed by atoms with E-state index in [9.17, 15) is 0 Å². The predicted molar refractivity (Wildman–Crippen MR) is 108 cm³/mol. The molecule has 0 amide bonds. The van der Waals surface area contributed by atoms with Crippen molar-refractivity contribution in [3.8, 4) is 34.4 Å². The molecule has 1 aromatic heterocycles. The number of H-pyrrole nitrogens is 1. The summed E-state index contributed by atoms with van der Waals surface area (Å²) in [7, 11) is 6.33. The zero-order valence-electron chi connectivity index (χ0n) is 15.9. The highest BCUT2D eigenvalue weighted by Gasteiger charge is 2.12. The van der Waals surface area contributed by atoms with Crippen molar-refractivity contribution >= 4 is 18.4 Å². The number of aromatic nitrogens is 3. The van der Waals surface area contributed by atoms with E-state index >= 15 is 0 Å². The summed E-state index contributed by atoms with van der Waals surface area (Å²) in [6, 6.07) is 11.0. The third-order valence-electron chi connectivity index (χ3n) is 4.02. The van der Waals surface area contributed by atoms with Gasteiger partial charge in [-0.2, -0.15) is 14.9 Å². The molecule has 28 heavy (non-hydrogen) atoms. The first kappa shape index (κ1) is 19.4. The molecule has 9 heteroatoms. The molecule has 0 saturated heterocycles. The summed E-state index contributed by atoms with van der Waals surface area (Å²) in [6.07, 6.45) is 1.66. The Balaban J connectivity index is 1.98. The average Bonchev–Trinajstić information content (AvgIpc) is 3.11. The van der Waals surface area contributed by atoms with Crippen molar-refractivity contribution in [1.82, 2.24) is 14.9 Å². The second-order valence-electron chi connectivity index (χ2n) is 5.59.